The van der Waals surface area contributed by atoms with E-state index in [9.17, 15) is 9.00 Å². The number of hydrogen-bond donors (Lipinski definition) is 1. The smallest absolute Gasteiger partial charge is 0.335 e. The monoisotopic (exact) mass is 297 g/mol. The molecule has 6 heteroatoms. The predicted octanol–water partition coefficient (Wildman–Crippen LogP) is 0.966. The molecule has 2 rings (SSSR count). The van der Waals surface area contributed by atoms with Gasteiger partial charge in [0.05, 0.1) is 18.8 Å². The summed E-state index contributed by atoms with van der Waals surface area (Å²) < 4.78 is 17.3. The summed E-state index contributed by atoms with van der Waals surface area (Å²) >= 11 is 0. The van der Waals surface area contributed by atoms with Crippen molar-refractivity contribution in [1.29, 1.82) is 0 Å². The molecule has 1 heterocycles. The number of rotatable bonds is 6. The normalized spacial score (nSPS) is 17.8. The third-order valence-corrected chi connectivity index (χ3v) is 4.53. The van der Waals surface area contributed by atoms with E-state index in [4.69, 9.17) is 9.84 Å². The first-order chi connectivity index (χ1) is 9.65. The van der Waals surface area contributed by atoms with Crippen LogP contribution in [0.3, 0.4) is 0 Å². The van der Waals surface area contributed by atoms with Crippen LogP contribution in [0.2, 0.25) is 0 Å². The maximum atomic E-state index is 12.0. The lowest BCUT2D eigenvalue weighted by molar-refractivity contribution is 0.0409. The Morgan fingerprint density at radius 1 is 1.35 bits per heavy atom. The summed E-state index contributed by atoms with van der Waals surface area (Å²) in [7, 11) is -0.970. The van der Waals surface area contributed by atoms with Gasteiger partial charge in [0.1, 0.15) is 0 Å². The molecule has 0 bridgehead atoms. The molecule has 1 N–H and O–H groups in total. The fourth-order valence-corrected chi connectivity index (χ4v) is 3.27. The Kier molecular flexibility index (Phi) is 5.70. The zero-order valence-electron chi connectivity index (χ0n) is 11.3. The summed E-state index contributed by atoms with van der Waals surface area (Å²) in [6, 6.07) is 6.65. The van der Waals surface area contributed by atoms with Crippen LogP contribution in [-0.2, 0) is 21.3 Å². The molecule has 110 valence electrons. The van der Waals surface area contributed by atoms with Crippen LogP contribution in [-0.4, -0.2) is 58.8 Å². The van der Waals surface area contributed by atoms with E-state index in [1.807, 2.05) is 6.07 Å². The van der Waals surface area contributed by atoms with Crippen molar-refractivity contribution in [2.24, 2.45) is 0 Å². The first-order valence-electron chi connectivity index (χ1n) is 6.62. The molecule has 0 radical (unpaired) electrons. The summed E-state index contributed by atoms with van der Waals surface area (Å²) in [6.07, 6.45) is 0. The Morgan fingerprint density at radius 2 is 2.10 bits per heavy atom. The summed E-state index contributed by atoms with van der Waals surface area (Å²) in [5.74, 6) is 0.0638. The first kappa shape index (κ1) is 15.2. The molecule has 1 aliphatic rings. The van der Waals surface area contributed by atoms with Crippen LogP contribution in [0.4, 0.5) is 0 Å². The van der Waals surface area contributed by atoms with E-state index >= 15 is 0 Å². The van der Waals surface area contributed by atoms with Crippen LogP contribution in [0.15, 0.2) is 24.3 Å². The van der Waals surface area contributed by atoms with E-state index in [1.165, 1.54) is 0 Å². The van der Waals surface area contributed by atoms with Crippen LogP contribution < -0.4 is 0 Å². The molecule has 1 saturated heterocycles. The van der Waals surface area contributed by atoms with Gasteiger partial charge in [0.15, 0.2) is 0 Å². The van der Waals surface area contributed by atoms with Gasteiger partial charge >= 0.3 is 5.97 Å². The second-order valence-corrected chi connectivity index (χ2v) is 6.32. The Morgan fingerprint density at radius 3 is 2.80 bits per heavy atom. The van der Waals surface area contributed by atoms with E-state index in [0.29, 0.717) is 11.5 Å². The second kappa shape index (κ2) is 7.52. The zero-order chi connectivity index (χ0) is 14.4. The molecule has 0 spiro atoms. The topological polar surface area (TPSA) is 66.8 Å². The summed E-state index contributed by atoms with van der Waals surface area (Å²) in [6.45, 7) is 4.08. The third-order valence-electron chi connectivity index (χ3n) is 3.24. The van der Waals surface area contributed by atoms with E-state index < -0.39 is 16.8 Å². The molecule has 0 saturated carbocycles. The molecule has 1 aromatic rings. The van der Waals surface area contributed by atoms with Crippen LogP contribution in [0.25, 0.3) is 0 Å². The highest BCUT2D eigenvalue weighted by Crippen LogP contribution is 2.08. The molecular formula is C14H19NO4S. The second-order valence-electron chi connectivity index (χ2n) is 4.75. The van der Waals surface area contributed by atoms with Gasteiger partial charge in [-0.1, -0.05) is 12.1 Å². The van der Waals surface area contributed by atoms with Crippen LogP contribution >= 0.6 is 0 Å². The summed E-state index contributed by atoms with van der Waals surface area (Å²) in [4.78, 5) is 13.1. The number of benzene rings is 1. The van der Waals surface area contributed by atoms with Crippen molar-refractivity contribution in [1.82, 2.24) is 4.90 Å². The fourth-order valence-electron chi connectivity index (χ4n) is 2.11. The average molecular weight is 297 g/mol. The number of carbonyl (C=O) groups is 1. The van der Waals surface area contributed by atoms with Gasteiger partial charge in [-0.2, -0.15) is 0 Å². The lowest BCUT2D eigenvalue weighted by Gasteiger charge is -2.26. The van der Waals surface area contributed by atoms with Crippen molar-refractivity contribution in [3.05, 3.63) is 35.4 Å². The third kappa shape index (κ3) is 4.70. The van der Waals surface area contributed by atoms with Gasteiger partial charge in [-0.15, -0.1) is 0 Å². The maximum absolute atomic E-state index is 12.0. The van der Waals surface area contributed by atoms with E-state index in [1.54, 1.807) is 18.2 Å². The van der Waals surface area contributed by atoms with Gasteiger partial charge < -0.3 is 9.84 Å². The fraction of sp³-hybridized carbons (Fsp3) is 0.500. The van der Waals surface area contributed by atoms with Gasteiger partial charge in [0, 0.05) is 41.9 Å². The molecule has 0 aliphatic carbocycles. The Labute approximate surface area is 121 Å². The van der Waals surface area contributed by atoms with Crippen LogP contribution in [0, 0.1) is 0 Å². The number of aromatic carboxylic acids is 1. The van der Waals surface area contributed by atoms with Crippen molar-refractivity contribution in [3.63, 3.8) is 0 Å². The lowest BCUT2D eigenvalue weighted by atomic mass is 10.1. The van der Waals surface area contributed by atoms with Gasteiger partial charge in [-0.3, -0.25) is 9.11 Å². The summed E-state index contributed by atoms with van der Waals surface area (Å²) in [5.41, 5.74) is 1.05. The lowest BCUT2D eigenvalue weighted by Crippen LogP contribution is -2.38. The number of ether oxygens (including phenoxy) is 1. The molecule has 1 aromatic carbocycles. The summed E-state index contributed by atoms with van der Waals surface area (Å²) in [5, 5.41) is 8.92. The van der Waals surface area contributed by atoms with Crippen LogP contribution in [0.5, 0.6) is 0 Å². The Bertz CT molecular complexity index is 486. The molecule has 1 aliphatic heterocycles. The number of carboxylic acid groups (broad SMARTS) is 1. The van der Waals surface area contributed by atoms with Gasteiger partial charge in [-0.05, 0) is 17.7 Å². The van der Waals surface area contributed by atoms with E-state index in [2.05, 4.69) is 4.90 Å². The minimum Gasteiger partial charge on any atom is -0.478 e. The zero-order valence-corrected chi connectivity index (χ0v) is 12.1. The molecular weight excluding hydrogens is 278 g/mol. The Balaban J connectivity index is 1.81. The quantitative estimate of drug-likeness (QED) is 0.847. The van der Waals surface area contributed by atoms with Crippen molar-refractivity contribution in [2.75, 3.05) is 38.6 Å². The largest absolute Gasteiger partial charge is 0.478 e. The molecule has 0 aromatic heterocycles. The molecule has 1 atom stereocenters. The van der Waals surface area contributed by atoms with Crippen molar-refractivity contribution >= 4 is 16.8 Å². The number of morpholine rings is 1. The highest BCUT2D eigenvalue weighted by molar-refractivity contribution is 7.84. The molecule has 5 nitrogen and oxygen atoms in total. The molecule has 0 amide bonds. The number of nitrogens with zero attached hydrogens (tertiary/aromatic N) is 1. The minimum atomic E-state index is -0.970. The van der Waals surface area contributed by atoms with Crippen molar-refractivity contribution in [2.45, 2.75) is 5.75 Å². The minimum absolute atomic E-state index is 0.243. The Hall–Kier alpha value is -1.24. The number of carboxylic acids is 1. The molecule has 20 heavy (non-hydrogen) atoms. The predicted molar refractivity (Wildman–Crippen MR) is 77.4 cm³/mol. The van der Waals surface area contributed by atoms with Crippen LogP contribution in [0.1, 0.15) is 15.9 Å². The van der Waals surface area contributed by atoms with Gasteiger partial charge in [-0.25, -0.2) is 4.79 Å². The van der Waals surface area contributed by atoms with E-state index in [0.717, 1.165) is 38.4 Å². The molecule has 1 unspecified atom stereocenters. The van der Waals surface area contributed by atoms with Crippen molar-refractivity contribution in [3.8, 4) is 0 Å². The SMILES string of the molecule is O=C(O)c1cccc(CS(=O)CCN2CCOCC2)c1. The molecule has 1 fully saturated rings. The standard InChI is InChI=1S/C14H19NO4S/c16-14(17)13-3-1-2-12(10-13)11-20(18)9-6-15-4-7-19-8-5-15/h1-3,10H,4-9,11H2,(H,16,17). The van der Waals surface area contributed by atoms with E-state index in [-0.39, 0.29) is 5.56 Å². The average Bonchev–Trinajstić information content (AvgIpc) is 2.46. The maximum Gasteiger partial charge on any atom is 0.335 e. The number of hydrogen-bond acceptors (Lipinski definition) is 4. The first-order valence-corrected chi connectivity index (χ1v) is 8.11. The van der Waals surface area contributed by atoms with Crippen molar-refractivity contribution < 1.29 is 18.8 Å². The highest BCUT2D eigenvalue weighted by Gasteiger charge is 2.12. The highest BCUT2D eigenvalue weighted by atomic mass is 32.2. The van der Waals surface area contributed by atoms with Gasteiger partial charge in [0.2, 0.25) is 0 Å². The van der Waals surface area contributed by atoms with Gasteiger partial charge in [0.25, 0.3) is 0 Å².